The molecule has 0 saturated carbocycles. The van der Waals surface area contributed by atoms with Gasteiger partial charge in [-0.15, -0.1) is 11.6 Å². The van der Waals surface area contributed by atoms with Gasteiger partial charge in [-0.3, -0.25) is 9.69 Å². The van der Waals surface area contributed by atoms with Crippen LogP contribution in [0.15, 0.2) is 0 Å². The first kappa shape index (κ1) is 14.1. The minimum Gasteiger partial charge on any atom is -0.355 e. The first-order chi connectivity index (χ1) is 7.83. The number of hydrogen-bond donors (Lipinski definition) is 1. The van der Waals surface area contributed by atoms with E-state index >= 15 is 0 Å². The predicted octanol–water partition coefficient (Wildman–Crippen LogP) is 1.56. The molecule has 5 heteroatoms. The van der Waals surface area contributed by atoms with Crippen LogP contribution in [0.3, 0.4) is 0 Å². The lowest BCUT2D eigenvalue weighted by molar-refractivity contribution is -0.121. The maximum Gasteiger partial charge on any atom is 0.220 e. The van der Waals surface area contributed by atoms with Crippen LogP contribution in [0.25, 0.3) is 0 Å². The minimum atomic E-state index is 0.163. The van der Waals surface area contributed by atoms with Gasteiger partial charge < -0.3 is 5.32 Å². The summed E-state index contributed by atoms with van der Waals surface area (Å²) in [6.07, 6.45) is 2.44. The number of alkyl halides is 1. The zero-order chi connectivity index (χ0) is 11.6. The molecule has 0 aromatic carbocycles. The first-order valence-corrected chi connectivity index (χ1v) is 7.64. The molecule has 0 bridgehead atoms. The van der Waals surface area contributed by atoms with Crippen molar-refractivity contribution in [2.24, 2.45) is 0 Å². The summed E-state index contributed by atoms with van der Waals surface area (Å²) in [6.45, 7) is 4.09. The van der Waals surface area contributed by atoms with Gasteiger partial charge >= 0.3 is 0 Å². The normalized spacial score (nSPS) is 17.3. The summed E-state index contributed by atoms with van der Waals surface area (Å²) in [7, 11) is 0. The van der Waals surface area contributed by atoms with Gasteiger partial charge in [0.1, 0.15) is 0 Å². The number of thioether (sulfide) groups is 1. The molecule has 0 aliphatic carbocycles. The van der Waals surface area contributed by atoms with Crippen LogP contribution >= 0.6 is 23.4 Å². The van der Waals surface area contributed by atoms with E-state index in [9.17, 15) is 4.79 Å². The smallest absolute Gasteiger partial charge is 0.220 e. The van der Waals surface area contributed by atoms with Crippen molar-refractivity contribution in [3.63, 3.8) is 0 Å². The number of hydrogen-bond acceptors (Lipinski definition) is 3. The fourth-order valence-electron chi connectivity index (χ4n) is 1.65. The lowest BCUT2D eigenvalue weighted by Crippen LogP contribution is -2.39. The Bertz CT molecular complexity index is 198. The average molecular weight is 265 g/mol. The van der Waals surface area contributed by atoms with Crippen LogP contribution in [0.2, 0.25) is 0 Å². The highest BCUT2D eigenvalue weighted by atomic mass is 35.5. The van der Waals surface area contributed by atoms with Gasteiger partial charge in [0.15, 0.2) is 0 Å². The monoisotopic (exact) mass is 264 g/mol. The summed E-state index contributed by atoms with van der Waals surface area (Å²) in [5.41, 5.74) is 0. The fraction of sp³-hybridized carbons (Fsp3) is 0.909. The van der Waals surface area contributed by atoms with Crippen LogP contribution in [0, 0.1) is 0 Å². The van der Waals surface area contributed by atoms with Crippen LogP contribution in [-0.2, 0) is 4.79 Å². The number of carbonyl (C=O) groups is 1. The van der Waals surface area contributed by atoms with Crippen molar-refractivity contribution in [2.75, 3.05) is 43.6 Å². The Labute approximate surface area is 107 Å². The van der Waals surface area contributed by atoms with E-state index < -0.39 is 0 Å². The van der Waals surface area contributed by atoms with Gasteiger partial charge in [0.05, 0.1) is 0 Å². The second-order valence-electron chi connectivity index (χ2n) is 3.95. The quantitative estimate of drug-likeness (QED) is 0.560. The summed E-state index contributed by atoms with van der Waals surface area (Å²) in [5, 5.41) is 2.96. The molecule has 1 saturated heterocycles. The topological polar surface area (TPSA) is 32.3 Å². The predicted molar refractivity (Wildman–Crippen MR) is 71.3 cm³/mol. The molecule has 16 heavy (non-hydrogen) atoms. The van der Waals surface area contributed by atoms with Crippen LogP contribution < -0.4 is 5.32 Å². The zero-order valence-corrected chi connectivity index (χ0v) is 11.3. The number of carbonyl (C=O) groups excluding carboxylic acids is 1. The molecule has 1 heterocycles. The van der Waals surface area contributed by atoms with E-state index in [4.69, 9.17) is 11.6 Å². The third kappa shape index (κ3) is 6.61. The van der Waals surface area contributed by atoms with Crippen molar-refractivity contribution < 1.29 is 4.79 Å². The Morgan fingerprint density at radius 1 is 1.31 bits per heavy atom. The molecule has 0 spiro atoms. The molecule has 0 atom stereocenters. The van der Waals surface area contributed by atoms with Gasteiger partial charge in [-0.25, -0.2) is 0 Å². The minimum absolute atomic E-state index is 0.163. The number of amides is 1. The van der Waals surface area contributed by atoms with E-state index in [1.807, 2.05) is 11.8 Å². The molecular weight excluding hydrogens is 244 g/mol. The van der Waals surface area contributed by atoms with Crippen molar-refractivity contribution >= 4 is 29.3 Å². The van der Waals surface area contributed by atoms with Gasteiger partial charge in [0.25, 0.3) is 0 Å². The Hall–Kier alpha value is 0.0700. The third-order valence-corrected chi connectivity index (χ3v) is 3.85. The Kier molecular flexibility index (Phi) is 8.07. The first-order valence-electron chi connectivity index (χ1n) is 5.95. The van der Waals surface area contributed by atoms with Crippen LogP contribution in [-0.4, -0.2) is 54.4 Å². The van der Waals surface area contributed by atoms with E-state index in [1.54, 1.807) is 0 Å². The van der Waals surface area contributed by atoms with Gasteiger partial charge in [-0.05, 0) is 12.8 Å². The maximum atomic E-state index is 11.4. The average Bonchev–Trinajstić information content (AvgIpc) is 2.31. The lowest BCUT2D eigenvalue weighted by Gasteiger charge is -2.25. The van der Waals surface area contributed by atoms with Crippen molar-refractivity contribution in [3.8, 4) is 0 Å². The lowest BCUT2D eigenvalue weighted by atomic mass is 10.2. The molecule has 1 N–H and O–H groups in total. The number of halogens is 1. The third-order valence-electron chi connectivity index (χ3n) is 2.64. The highest BCUT2D eigenvalue weighted by Crippen LogP contribution is 2.07. The van der Waals surface area contributed by atoms with Crippen LogP contribution in [0.1, 0.15) is 19.3 Å². The molecule has 1 rings (SSSR count). The fourth-order valence-corrected chi connectivity index (χ4v) is 2.81. The SMILES string of the molecule is O=C(CCCCCl)NCCN1CCSCC1. The molecule has 1 fully saturated rings. The highest BCUT2D eigenvalue weighted by Gasteiger charge is 2.09. The molecule has 0 radical (unpaired) electrons. The number of nitrogens with zero attached hydrogens (tertiary/aromatic N) is 1. The second kappa shape index (κ2) is 9.14. The molecule has 94 valence electrons. The Morgan fingerprint density at radius 3 is 2.75 bits per heavy atom. The molecule has 1 amide bonds. The summed E-state index contributed by atoms with van der Waals surface area (Å²) in [5.74, 6) is 3.27. The summed E-state index contributed by atoms with van der Waals surface area (Å²) < 4.78 is 0. The van der Waals surface area contributed by atoms with Crippen molar-refractivity contribution in [3.05, 3.63) is 0 Å². The molecule has 1 aliphatic heterocycles. The van der Waals surface area contributed by atoms with E-state index in [1.165, 1.54) is 11.5 Å². The molecule has 3 nitrogen and oxygen atoms in total. The van der Waals surface area contributed by atoms with Crippen molar-refractivity contribution in [1.82, 2.24) is 10.2 Å². The summed E-state index contributed by atoms with van der Waals surface area (Å²) in [4.78, 5) is 13.8. The largest absolute Gasteiger partial charge is 0.355 e. The Morgan fingerprint density at radius 2 is 2.06 bits per heavy atom. The van der Waals surface area contributed by atoms with E-state index in [2.05, 4.69) is 10.2 Å². The van der Waals surface area contributed by atoms with Crippen LogP contribution in [0.5, 0.6) is 0 Å². The van der Waals surface area contributed by atoms with Gasteiger partial charge in [0.2, 0.25) is 5.91 Å². The number of nitrogens with one attached hydrogen (secondary N) is 1. The van der Waals surface area contributed by atoms with E-state index in [-0.39, 0.29) is 5.91 Å². The number of unbranched alkanes of at least 4 members (excludes halogenated alkanes) is 1. The highest BCUT2D eigenvalue weighted by molar-refractivity contribution is 7.99. The zero-order valence-electron chi connectivity index (χ0n) is 9.71. The summed E-state index contributed by atoms with van der Waals surface area (Å²) in [6, 6.07) is 0. The Balaban J connectivity index is 1.94. The molecule has 0 unspecified atom stereocenters. The van der Waals surface area contributed by atoms with Gasteiger partial charge in [0, 0.05) is 50.0 Å². The van der Waals surface area contributed by atoms with Crippen molar-refractivity contribution in [2.45, 2.75) is 19.3 Å². The molecule has 0 aromatic heterocycles. The molecular formula is C11H21ClN2OS. The van der Waals surface area contributed by atoms with E-state index in [0.717, 1.165) is 39.0 Å². The van der Waals surface area contributed by atoms with Crippen molar-refractivity contribution in [1.29, 1.82) is 0 Å². The number of rotatable bonds is 7. The summed E-state index contributed by atoms with van der Waals surface area (Å²) >= 11 is 7.56. The van der Waals surface area contributed by atoms with Gasteiger partial charge in [-0.1, -0.05) is 0 Å². The standard InChI is InChI=1S/C11H21ClN2OS/c12-4-2-1-3-11(15)13-5-6-14-7-9-16-10-8-14/h1-10H2,(H,13,15). The van der Waals surface area contributed by atoms with Gasteiger partial charge in [-0.2, -0.15) is 11.8 Å². The van der Waals surface area contributed by atoms with Crippen LogP contribution in [0.4, 0.5) is 0 Å². The van der Waals surface area contributed by atoms with E-state index in [0.29, 0.717) is 12.3 Å². The second-order valence-corrected chi connectivity index (χ2v) is 5.55. The maximum absolute atomic E-state index is 11.4. The molecule has 0 aromatic rings. The molecule has 1 aliphatic rings.